The zero-order chi connectivity index (χ0) is 14.8. The normalized spacial score (nSPS) is 38.8. The van der Waals surface area contributed by atoms with E-state index in [1.807, 2.05) is 11.8 Å². The molecular weight excluding hydrogens is 256 g/mol. The molecule has 2 atom stereocenters. The van der Waals surface area contributed by atoms with Crippen molar-refractivity contribution in [3.05, 3.63) is 0 Å². The molecule has 1 amide bonds. The minimum Gasteiger partial charge on any atom is -0.394 e. The van der Waals surface area contributed by atoms with Crippen molar-refractivity contribution in [1.29, 1.82) is 0 Å². The van der Waals surface area contributed by atoms with Crippen LogP contribution in [0.3, 0.4) is 0 Å². The Hall–Kier alpha value is -0.650. The Morgan fingerprint density at radius 3 is 2.60 bits per heavy atom. The first kappa shape index (κ1) is 15.7. The van der Waals surface area contributed by atoms with Crippen LogP contribution in [0.1, 0.15) is 39.5 Å². The van der Waals surface area contributed by atoms with Gasteiger partial charge in [0.1, 0.15) is 0 Å². The average molecular weight is 284 g/mol. The van der Waals surface area contributed by atoms with Gasteiger partial charge < -0.3 is 20.5 Å². The summed E-state index contributed by atoms with van der Waals surface area (Å²) >= 11 is 0. The first-order valence-electron chi connectivity index (χ1n) is 7.76. The molecule has 1 saturated heterocycles. The molecule has 2 rings (SSSR count). The van der Waals surface area contributed by atoms with Crippen LogP contribution in [0.25, 0.3) is 0 Å². The molecule has 116 valence electrons. The largest absolute Gasteiger partial charge is 0.394 e. The van der Waals surface area contributed by atoms with E-state index in [4.69, 9.17) is 10.5 Å². The predicted octanol–water partition coefficient (Wildman–Crippen LogP) is 0.750. The number of hydrogen-bond donors (Lipinski definition) is 2. The van der Waals surface area contributed by atoms with Crippen molar-refractivity contribution in [2.24, 2.45) is 17.1 Å². The van der Waals surface area contributed by atoms with Crippen LogP contribution in [-0.2, 0) is 9.53 Å². The van der Waals surface area contributed by atoms with Crippen LogP contribution in [-0.4, -0.2) is 54.4 Å². The molecule has 0 bridgehead atoms. The van der Waals surface area contributed by atoms with Crippen LogP contribution in [0.15, 0.2) is 0 Å². The number of carbonyl (C=O) groups is 1. The second-order valence-corrected chi connectivity index (χ2v) is 6.61. The van der Waals surface area contributed by atoms with Gasteiger partial charge in [-0.15, -0.1) is 0 Å². The highest BCUT2D eigenvalue weighted by atomic mass is 16.5. The molecule has 20 heavy (non-hydrogen) atoms. The summed E-state index contributed by atoms with van der Waals surface area (Å²) in [6.07, 6.45) is 3.66. The van der Waals surface area contributed by atoms with Gasteiger partial charge in [-0.25, -0.2) is 0 Å². The molecule has 0 spiro atoms. The van der Waals surface area contributed by atoms with Crippen LogP contribution in [0.5, 0.6) is 0 Å². The van der Waals surface area contributed by atoms with E-state index in [0.717, 1.165) is 25.7 Å². The summed E-state index contributed by atoms with van der Waals surface area (Å²) in [6, 6.07) is 0.0630. The molecule has 0 radical (unpaired) electrons. The molecule has 1 aliphatic carbocycles. The van der Waals surface area contributed by atoms with Crippen LogP contribution in [0.2, 0.25) is 0 Å². The number of nitrogens with zero attached hydrogens (tertiary/aromatic N) is 1. The molecule has 1 aliphatic heterocycles. The maximum Gasteiger partial charge on any atom is 0.230 e. The monoisotopic (exact) mass is 284 g/mol. The highest BCUT2D eigenvalue weighted by Gasteiger charge is 2.44. The number of amides is 1. The van der Waals surface area contributed by atoms with Gasteiger partial charge in [-0.2, -0.15) is 0 Å². The molecule has 0 aromatic heterocycles. The first-order valence-corrected chi connectivity index (χ1v) is 7.76. The summed E-state index contributed by atoms with van der Waals surface area (Å²) in [4.78, 5) is 14.9. The average Bonchev–Trinajstić information content (AvgIpc) is 2.48. The standard InChI is InChI=1S/C15H28N2O3/c1-11-3-5-15(10-16,6-4-11)14(19)17-7-13(8-18)20-9-12(17)2/h11-13,18H,3-10,16H2,1-2H3. The number of nitrogens with two attached hydrogens (primary N) is 1. The fourth-order valence-electron chi connectivity index (χ4n) is 3.34. The quantitative estimate of drug-likeness (QED) is 0.802. The van der Waals surface area contributed by atoms with Crippen molar-refractivity contribution in [2.45, 2.75) is 51.7 Å². The summed E-state index contributed by atoms with van der Waals surface area (Å²) in [5, 5.41) is 9.26. The third kappa shape index (κ3) is 3.00. The topological polar surface area (TPSA) is 75.8 Å². The minimum atomic E-state index is -0.391. The second kappa shape index (κ2) is 6.41. The highest BCUT2D eigenvalue weighted by molar-refractivity contribution is 5.83. The maximum absolute atomic E-state index is 13.0. The summed E-state index contributed by atoms with van der Waals surface area (Å²) in [5.74, 6) is 0.857. The molecule has 2 fully saturated rings. The smallest absolute Gasteiger partial charge is 0.230 e. The van der Waals surface area contributed by atoms with Gasteiger partial charge in [-0.3, -0.25) is 4.79 Å². The Labute approximate surface area is 121 Å². The van der Waals surface area contributed by atoms with E-state index in [2.05, 4.69) is 6.92 Å². The predicted molar refractivity (Wildman–Crippen MR) is 77.1 cm³/mol. The van der Waals surface area contributed by atoms with E-state index in [0.29, 0.717) is 25.6 Å². The molecule has 2 aliphatic rings. The van der Waals surface area contributed by atoms with E-state index in [1.165, 1.54) is 0 Å². The SMILES string of the molecule is CC1CCC(CN)(C(=O)N2CC(CO)OCC2C)CC1. The van der Waals surface area contributed by atoms with E-state index < -0.39 is 5.41 Å². The number of carbonyl (C=O) groups excluding carboxylic acids is 1. The lowest BCUT2D eigenvalue weighted by Crippen LogP contribution is -2.58. The molecule has 5 heteroatoms. The lowest BCUT2D eigenvalue weighted by Gasteiger charge is -2.45. The van der Waals surface area contributed by atoms with E-state index in [1.54, 1.807) is 0 Å². The van der Waals surface area contributed by atoms with Crippen molar-refractivity contribution < 1.29 is 14.6 Å². The van der Waals surface area contributed by atoms with E-state index in [9.17, 15) is 9.90 Å². The second-order valence-electron chi connectivity index (χ2n) is 6.61. The summed E-state index contributed by atoms with van der Waals surface area (Å²) in [7, 11) is 0. The van der Waals surface area contributed by atoms with Crippen LogP contribution in [0.4, 0.5) is 0 Å². The van der Waals surface area contributed by atoms with E-state index >= 15 is 0 Å². The molecule has 2 unspecified atom stereocenters. The first-order chi connectivity index (χ1) is 9.52. The molecular formula is C15H28N2O3. The van der Waals surface area contributed by atoms with Gasteiger partial charge in [0.15, 0.2) is 0 Å². The zero-order valence-corrected chi connectivity index (χ0v) is 12.7. The summed E-state index contributed by atoms with van der Waals surface area (Å²) in [5.41, 5.74) is 5.58. The van der Waals surface area contributed by atoms with Crippen molar-refractivity contribution in [3.63, 3.8) is 0 Å². The van der Waals surface area contributed by atoms with Crippen LogP contribution < -0.4 is 5.73 Å². The lowest BCUT2D eigenvalue weighted by molar-refractivity contribution is -0.158. The number of hydrogen-bond acceptors (Lipinski definition) is 4. The number of rotatable bonds is 3. The summed E-state index contributed by atoms with van der Waals surface area (Å²) in [6.45, 7) is 5.60. The van der Waals surface area contributed by atoms with Crippen molar-refractivity contribution in [1.82, 2.24) is 4.90 Å². The number of ether oxygens (including phenoxy) is 1. The van der Waals surface area contributed by atoms with Gasteiger partial charge in [0.05, 0.1) is 30.8 Å². The van der Waals surface area contributed by atoms with Gasteiger partial charge in [0, 0.05) is 13.1 Å². The number of aliphatic hydroxyl groups excluding tert-OH is 1. The maximum atomic E-state index is 13.0. The third-order valence-electron chi connectivity index (χ3n) is 5.05. The summed E-state index contributed by atoms with van der Waals surface area (Å²) < 4.78 is 5.52. The third-order valence-corrected chi connectivity index (χ3v) is 5.05. The van der Waals surface area contributed by atoms with Gasteiger partial charge in [0.2, 0.25) is 5.91 Å². The van der Waals surface area contributed by atoms with E-state index in [-0.39, 0.29) is 24.7 Å². The van der Waals surface area contributed by atoms with Crippen LogP contribution >= 0.6 is 0 Å². The Morgan fingerprint density at radius 1 is 1.40 bits per heavy atom. The zero-order valence-electron chi connectivity index (χ0n) is 12.7. The van der Waals surface area contributed by atoms with Gasteiger partial charge in [-0.1, -0.05) is 6.92 Å². The fraction of sp³-hybridized carbons (Fsp3) is 0.933. The number of morpholine rings is 1. The Balaban J connectivity index is 2.11. The highest BCUT2D eigenvalue weighted by Crippen LogP contribution is 2.40. The van der Waals surface area contributed by atoms with Crippen molar-refractivity contribution in [3.8, 4) is 0 Å². The van der Waals surface area contributed by atoms with Crippen molar-refractivity contribution in [2.75, 3.05) is 26.3 Å². The van der Waals surface area contributed by atoms with Crippen molar-refractivity contribution >= 4 is 5.91 Å². The molecule has 0 aromatic carbocycles. The molecule has 3 N–H and O–H groups in total. The van der Waals surface area contributed by atoms with Crippen LogP contribution in [0, 0.1) is 11.3 Å². The Bertz CT molecular complexity index is 340. The molecule has 1 saturated carbocycles. The Kier molecular flexibility index (Phi) is 5.04. The molecule has 5 nitrogen and oxygen atoms in total. The fourth-order valence-corrected chi connectivity index (χ4v) is 3.34. The minimum absolute atomic E-state index is 0.0385. The lowest BCUT2D eigenvalue weighted by atomic mass is 9.69. The van der Waals surface area contributed by atoms with Gasteiger partial charge >= 0.3 is 0 Å². The van der Waals surface area contributed by atoms with Gasteiger partial charge in [-0.05, 0) is 38.5 Å². The van der Waals surface area contributed by atoms with Gasteiger partial charge in [0.25, 0.3) is 0 Å². The Morgan fingerprint density at radius 2 is 2.05 bits per heavy atom. The molecule has 0 aromatic rings. The molecule has 1 heterocycles. The number of aliphatic hydroxyl groups is 1.